The zero-order chi connectivity index (χ0) is 17.3. The van der Waals surface area contributed by atoms with E-state index in [0.29, 0.717) is 13.2 Å². The lowest BCUT2D eigenvalue weighted by Gasteiger charge is -2.10. The molecule has 0 aliphatic heterocycles. The number of rotatable bonds is 9. The Balaban J connectivity index is 1.56. The first-order valence-electron chi connectivity index (χ1n) is 8.19. The lowest BCUT2D eigenvalue weighted by atomic mass is 10.3. The maximum Gasteiger partial charge on any atom is 0.214 e. The summed E-state index contributed by atoms with van der Waals surface area (Å²) in [4.78, 5) is 0. The topological polar surface area (TPSA) is 62.1 Å². The van der Waals surface area contributed by atoms with Crippen molar-refractivity contribution in [2.75, 3.05) is 19.0 Å². The minimum atomic E-state index is 0.596. The second-order valence-electron chi connectivity index (χ2n) is 5.14. The number of aromatic nitrogens is 4. The summed E-state index contributed by atoms with van der Waals surface area (Å²) in [5, 5.41) is 12.8. The first kappa shape index (κ1) is 17.3. The molecule has 0 unspecified atom stereocenters. The van der Waals surface area contributed by atoms with Crippen molar-refractivity contribution >= 4 is 11.8 Å². The molecule has 130 valence electrons. The smallest absolute Gasteiger partial charge is 0.214 e. The largest absolute Gasteiger partial charge is 0.494 e. The van der Waals surface area contributed by atoms with Crippen molar-refractivity contribution in [3.05, 3.63) is 54.6 Å². The molecule has 0 saturated heterocycles. The van der Waals surface area contributed by atoms with Gasteiger partial charge in [0.1, 0.15) is 17.2 Å². The molecule has 0 bridgehead atoms. The van der Waals surface area contributed by atoms with Crippen LogP contribution in [0.25, 0.3) is 5.69 Å². The Bertz CT molecular complexity index is 780. The predicted octanol–water partition coefficient (Wildman–Crippen LogP) is 3.62. The fourth-order valence-corrected chi connectivity index (χ4v) is 3.06. The Morgan fingerprint density at radius 2 is 1.80 bits per heavy atom. The van der Waals surface area contributed by atoms with E-state index in [4.69, 9.17) is 9.47 Å². The van der Waals surface area contributed by atoms with Crippen molar-refractivity contribution in [1.29, 1.82) is 0 Å². The molecule has 0 fully saturated rings. The normalized spacial score (nSPS) is 10.6. The van der Waals surface area contributed by atoms with Gasteiger partial charge in [0.25, 0.3) is 0 Å². The molecule has 6 nitrogen and oxygen atoms in total. The van der Waals surface area contributed by atoms with Crippen LogP contribution in [0.2, 0.25) is 0 Å². The van der Waals surface area contributed by atoms with Crippen LogP contribution in [0.3, 0.4) is 0 Å². The van der Waals surface area contributed by atoms with Crippen LogP contribution in [-0.2, 0) is 0 Å². The quantitative estimate of drug-likeness (QED) is 0.431. The summed E-state index contributed by atoms with van der Waals surface area (Å²) in [6, 6.07) is 17.6. The number of tetrazole rings is 1. The van der Waals surface area contributed by atoms with Gasteiger partial charge in [0, 0.05) is 5.75 Å². The van der Waals surface area contributed by atoms with Crippen molar-refractivity contribution in [1.82, 2.24) is 20.2 Å². The highest BCUT2D eigenvalue weighted by Crippen LogP contribution is 2.26. The van der Waals surface area contributed by atoms with Gasteiger partial charge in [-0.05, 0) is 48.0 Å². The molecule has 0 saturated carbocycles. The molecule has 0 atom stereocenters. The van der Waals surface area contributed by atoms with E-state index in [2.05, 4.69) is 15.5 Å². The van der Waals surface area contributed by atoms with Gasteiger partial charge in [0.15, 0.2) is 0 Å². The summed E-state index contributed by atoms with van der Waals surface area (Å²) >= 11 is 1.60. The van der Waals surface area contributed by atoms with E-state index in [1.165, 1.54) is 0 Å². The van der Waals surface area contributed by atoms with Crippen LogP contribution >= 0.6 is 11.8 Å². The number of ether oxygens (including phenoxy) is 2. The molecular formula is C18H20N4O2S. The van der Waals surface area contributed by atoms with Crippen LogP contribution in [-0.4, -0.2) is 39.2 Å². The van der Waals surface area contributed by atoms with Crippen LogP contribution < -0.4 is 9.47 Å². The molecule has 2 aromatic carbocycles. The standard InChI is InChI=1S/C18H20N4O2S/c1-2-23-17-12-7-6-11-16(17)22-18(19-20-21-22)25-14-8-13-24-15-9-4-3-5-10-15/h3-7,9-12H,2,8,13-14H2,1H3. The summed E-state index contributed by atoms with van der Waals surface area (Å²) in [7, 11) is 0. The van der Waals surface area contributed by atoms with Gasteiger partial charge in [-0.15, -0.1) is 5.10 Å². The molecular weight excluding hydrogens is 336 g/mol. The van der Waals surface area contributed by atoms with E-state index < -0.39 is 0 Å². The third-order valence-corrected chi connectivity index (χ3v) is 4.37. The van der Waals surface area contributed by atoms with Crippen molar-refractivity contribution in [3.63, 3.8) is 0 Å². The number of thioether (sulfide) groups is 1. The molecule has 3 rings (SSSR count). The lowest BCUT2D eigenvalue weighted by molar-refractivity contribution is 0.318. The first-order chi connectivity index (χ1) is 12.4. The van der Waals surface area contributed by atoms with Gasteiger partial charge in [-0.1, -0.05) is 42.1 Å². The SMILES string of the molecule is CCOc1ccccc1-n1nnnc1SCCCOc1ccccc1. The average molecular weight is 356 g/mol. The van der Waals surface area contributed by atoms with Gasteiger partial charge in [0.05, 0.1) is 13.2 Å². The van der Waals surface area contributed by atoms with E-state index in [-0.39, 0.29) is 0 Å². The van der Waals surface area contributed by atoms with Crippen molar-refractivity contribution < 1.29 is 9.47 Å². The molecule has 25 heavy (non-hydrogen) atoms. The van der Waals surface area contributed by atoms with E-state index in [1.54, 1.807) is 16.4 Å². The predicted molar refractivity (Wildman–Crippen MR) is 97.6 cm³/mol. The molecule has 0 N–H and O–H groups in total. The molecule has 0 amide bonds. The van der Waals surface area contributed by atoms with Crippen LogP contribution in [0.15, 0.2) is 59.8 Å². The minimum Gasteiger partial charge on any atom is -0.494 e. The molecule has 0 aliphatic carbocycles. The van der Waals surface area contributed by atoms with E-state index >= 15 is 0 Å². The number of para-hydroxylation sites is 3. The molecule has 0 radical (unpaired) electrons. The molecule has 0 aliphatic rings. The highest BCUT2D eigenvalue weighted by Gasteiger charge is 2.13. The zero-order valence-corrected chi connectivity index (χ0v) is 14.9. The molecule has 0 spiro atoms. The monoisotopic (exact) mass is 356 g/mol. The second kappa shape index (κ2) is 9.08. The maximum atomic E-state index is 5.70. The van der Waals surface area contributed by atoms with Gasteiger partial charge in [-0.3, -0.25) is 0 Å². The molecule has 7 heteroatoms. The highest BCUT2D eigenvalue weighted by molar-refractivity contribution is 7.99. The Kier molecular flexibility index (Phi) is 6.28. The Labute approximate surface area is 151 Å². The van der Waals surface area contributed by atoms with Gasteiger partial charge < -0.3 is 9.47 Å². The van der Waals surface area contributed by atoms with Gasteiger partial charge in [-0.25, -0.2) is 0 Å². The summed E-state index contributed by atoms with van der Waals surface area (Å²) in [6.07, 6.45) is 0.902. The molecule has 3 aromatic rings. The summed E-state index contributed by atoms with van der Waals surface area (Å²) in [5.41, 5.74) is 0.845. The third-order valence-electron chi connectivity index (χ3n) is 3.37. The van der Waals surface area contributed by atoms with E-state index in [1.807, 2.05) is 61.5 Å². The third kappa shape index (κ3) is 4.73. The fraction of sp³-hybridized carbons (Fsp3) is 0.278. The summed E-state index contributed by atoms with van der Waals surface area (Å²) in [6.45, 7) is 3.21. The van der Waals surface area contributed by atoms with Crippen LogP contribution in [0.5, 0.6) is 11.5 Å². The number of benzene rings is 2. The zero-order valence-electron chi connectivity index (χ0n) is 14.0. The number of hydrogen-bond acceptors (Lipinski definition) is 6. The molecule has 1 aromatic heterocycles. The van der Waals surface area contributed by atoms with Crippen LogP contribution in [0, 0.1) is 0 Å². The van der Waals surface area contributed by atoms with Crippen LogP contribution in [0.4, 0.5) is 0 Å². The second-order valence-corrected chi connectivity index (χ2v) is 6.20. The Hall–Kier alpha value is -2.54. The van der Waals surface area contributed by atoms with Crippen molar-refractivity contribution in [3.8, 4) is 17.2 Å². The Morgan fingerprint density at radius 3 is 2.64 bits per heavy atom. The minimum absolute atomic E-state index is 0.596. The lowest BCUT2D eigenvalue weighted by Crippen LogP contribution is -2.04. The maximum absolute atomic E-state index is 5.70. The fourth-order valence-electron chi connectivity index (χ4n) is 2.26. The van der Waals surface area contributed by atoms with Gasteiger partial charge in [-0.2, -0.15) is 4.68 Å². The number of hydrogen-bond donors (Lipinski definition) is 0. The van der Waals surface area contributed by atoms with Gasteiger partial charge >= 0.3 is 0 Å². The Morgan fingerprint density at radius 1 is 1.00 bits per heavy atom. The average Bonchev–Trinajstić information content (AvgIpc) is 3.11. The van der Waals surface area contributed by atoms with E-state index in [9.17, 15) is 0 Å². The number of nitrogens with zero attached hydrogens (tertiary/aromatic N) is 4. The summed E-state index contributed by atoms with van der Waals surface area (Å²) in [5.74, 6) is 2.53. The van der Waals surface area contributed by atoms with E-state index in [0.717, 1.165) is 34.5 Å². The first-order valence-corrected chi connectivity index (χ1v) is 9.18. The van der Waals surface area contributed by atoms with Crippen molar-refractivity contribution in [2.24, 2.45) is 0 Å². The summed E-state index contributed by atoms with van der Waals surface area (Å²) < 4.78 is 13.1. The van der Waals surface area contributed by atoms with Crippen LogP contribution in [0.1, 0.15) is 13.3 Å². The highest BCUT2D eigenvalue weighted by atomic mass is 32.2. The van der Waals surface area contributed by atoms with Crippen molar-refractivity contribution in [2.45, 2.75) is 18.5 Å². The molecule has 1 heterocycles. The van der Waals surface area contributed by atoms with Gasteiger partial charge in [0.2, 0.25) is 5.16 Å².